The van der Waals surface area contributed by atoms with Gasteiger partial charge in [-0.25, -0.2) is 14.5 Å². The van der Waals surface area contributed by atoms with E-state index in [9.17, 15) is 9.90 Å². The summed E-state index contributed by atoms with van der Waals surface area (Å²) in [7, 11) is 0. The molecular weight excluding hydrogens is 396 g/mol. The molecule has 1 amide bonds. The van der Waals surface area contributed by atoms with Gasteiger partial charge in [0.15, 0.2) is 6.23 Å². The van der Waals surface area contributed by atoms with E-state index in [1.54, 1.807) is 6.20 Å². The lowest BCUT2D eigenvalue weighted by molar-refractivity contribution is -0.0383. The number of rotatable bonds is 4. The van der Waals surface area contributed by atoms with E-state index in [0.29, 0.717) is 18.9 Å². The number of nitrogens with two attached hydrogens (primary N) is 1. The van der Waals surface area contributed by atoms with Crippen LogP contribution in [-0.2, 0) is 4.74 Å². The van der Waals surface area contributed by atoms with Gasteiger partial charge in [0.05, 0.1) is 11.2 Å². The minimum atomic E-state index is -0.883. The van der Waals surface area contributed by atoms with Crippen LogP contribution in [0.1, 0.15) is 31.9 Å². The van der Waals surface area contributed by atoms with Gasteiger partial charge in [-0.2, -0.15) is 5.10 Å². The van der Waals surface area contributed by atoms with Crippen molar-refractivity contribution in [1.29, 1.82) is 0 Å². The van der Waals surface area contributed by atoms with Crippen molar-refractivity contribution < 1.29 is 14.6 Å². The van der Waals surface area contributed by atoms with Crippen molar-refractivity contribution in [3.63, 3.8) is 0 Å². The standard InChI is InChI=1S/C22H26N6O3/c23-20-12-18(25-15-7-9-27(13-15)22(29)30)16-5-4-14(11-17(16)26-20)19-6-8-24-28(19)21-3-1-2-10-31-21/h4-6,8,11-12,15,21H,1-3,7,9-10,13H2,(H,29,30)(H3,23,25,26)/t15-,21?/m0/s1. The lowest BCUT2D eigenvalue weighted by Gasteiger charge is -2.24. The van der Waals surface area contributed by atoms with Gasteiger partial charge in [-0.3, -0.25) is 0 Å². The molecule has 4 heterocycles. The van der Waals surface area contributed by atoms with Crippen molar-refractivity contribution in [1.82, 2.24) is 19.7 Å². The minimum absolute atomic E-state index is 0.0416. The summed E-state index contributed by atoms with van der Waals surface area (Å²) in [6, 6.07) is 9.95. The monoisotopic (exact) mass is 422 g/mol. The lowest BCUT2D eigenvalue weighted by atomic mass is 10.1. The molecule has 5 rings (SSSR count). The molecule has 2 aromatic heterocycles. The maximum Gasteiger partial charge on any atom is 0.407 e. The molecule has 162 valence electrons. The Hall–Kier alpha value is -3.33. The summed E-state index contributed by atoms with van der Waals surface area (Å²) in [5.74, 6) is 0.421. The zero-order valence-corrected chi connectivity index (χ0v) is 17.2. The molecule has 0 spiro atoms. The van der Waals surface area contributed by atoms with Gasteiger partial charge in [-0.15, -0.1) is 0 Å². The van der Waals surface area contributed by atoms with Crippen molar-refractivity contribution in [2.45, 2.75) is 38.0 Å². The third-order valence-electron chi connectivity index (χ3n) is 6.04. The van der Waals surface area contributed by atoms with Crippen LogP contribution < -0.4 is 11.1 Å². The highest BCUT2D eigenvalue weighted by Crippen LogP contribution is 2.32. The molecule has 2 atom stereocenters. The van der Waals surface area contributed by atoms with Gasteiger partial charge in [0.25, 0.3) is 0 Å². The van der Waals surface area contributed by atoms with Crippen molar-refractivity contribution >= 4 is 28.5 Å². The summed E-state index contributed by atoms with van der Waals surface area (Å²) in [6.45, 7) is 1.75. The predicted molar refractivity (Wildman–Crippen MR) is 118 cm³/mol. The highest BCUT2D eigenvalue weighted by atomic mass is 16.5. The fraction of sp³-hybridized carbons (Fsp3) is 0.409. The fourth-order valence-electron chi connectivity index (χ4n) is 4.49. The van der Waals surface area contributed by atoms with Crippen LogP contribution in [0.15, 0.2) is 36.5 Å². The predicted octanol–water partition coefficient (Wildman–Crippen LogP) is 3.54. The van der Waals surface area contributed by atoms with Crippen LogP contribution in [0.5, 0.6) is 0 Å². The number of carbonyl (C=O) groups is 1. The van der Waals surface area contributed by atoms with Crippen molar-refractivity contribution in [2.75, 3.05) is 30.7 Å². The largest absolute Gasteiger partial charge is 0.465 e. The number of amides is 1. The first kappa shape index (κ1) is 19.6. The number of nitrogens with one attached hydrogen (secondary N) is 1. The Bertz CT molecular complexity index is 1110. The number of fused-ring (bicyclic) bond motifs is 1. The number of hydrogen-bond donors (Lipinski definition) is 3. The molecule has 9 heteroatoms. The number of likely N-dealkylation sites (tertiary alicyclic amines) is 1. The van der Waals surface area contributed by atoms with Gasteiger partial charge in [0.2, 0.25) is 0 Å². The van der Waals surface area contributed by atoms with Gasteiger partial charge in [0, 0.05) is 54.6 Å². The van der Waals surface area contributed by atoms with E-state index < -0.39 is 6.09 Å². The van der Waals surface area contributed by atoms with Crippen molar-refractivity contribution in [3.8, 4) is 11.3 Å². The quantitative estimate of drug-likeness (QED) is 0.588. The van der Waals surface area contributed by atoms with Gasteiger partial charge in [-0.1, -0.05) is 12.1 Å². The number of benzene rings is 1. The molecule has 3 aromatic rings. The molecule has 0 saturated carbocycles. The van der Waals surface area contributed by atoms with E-state index in [0.717, 1.165) is 60.1 Å². The number of anilines is 2. The van der Waals surface area contributed by atoms with E-state index >= 15 is 0 Å². The number of hydrogen-bond acceptors (Lipinski definition) is 6. The van der Waals surface area contributed by atoms with E-state index in [1.165, 1.54) is 4.90 Å². The van der Waals surface area contributed by atoms with Gasteiger partial charge in [0.1, 0.15) is 5.82 Å². The Balaban J connectivity index is 1.45. The first-order valence-electron chi connectivity index (χ1n) is 10.7. The van der Waals surface area contributed by atoms with Crippen LogP contribution in [0.2, 0.25) is 0 Å². The molecule has 31 heavy (non-hydrogen) atoms. The molecule has 2 fully saturated rings. The van der Waals surface area contributed by atoms with E-state index in [4.69, 9.17) is 10.5 Å². The minimum Gasteiger partial charge on any atom is -0.465 e. The molecule has 0 bridgehead atoms. The zero-order chi connectivity index (χ0) is 21.4. The molecule has 4 N–H and O–H groups in total. The molecular formula is C22H26N6O3. The maximum absolute atomic E-state index is 11.2. The Morgan fingerprint density at radius 2 is 2.13 bits per heavy atom. The fourth-order valence-corrected chi connectivity index (χ4v) is 4.49. The number of aromatic nitrogens is 3. The highest BCUT2D eigenvalue weighted by molar-refractivity contribution is 5.95. The molecule has 2 aliphatic heterocycles. The topological polar surface area (TPSA) is 119 Å². The summed E-state index contributed by atoms with van der Waals surface area (Å²) < 4.78 is 7.87. The second-order valence-electron chi connectivity index (χ2n) is 8.17. The van der Waals surface area contributed by atoms with Gasteiger partial charge < -0.3 is 25.8 Å². The smallest absolute Gasteiger partial charge is 0.407 e. The molecule has 9 nitrogen and oxygen atoms in total. The average Bonchev–Trinajstić information content (AvgIpc) is 3.44. The maximum atomic E-state index is 11.2. The SMILES string of the molecule is Nc1cc(N[C@H]2CCN(C(=O)O)C2)c2ccc(-c3ccnn3C3CCCCO3)cc2n1. The Morgan fingerprint density at radius 3 is 2.90 bits per heavy atom. The third kappa shape index (κ3) is 3.88. The van der Waals surface area contributed by atoms with Crippen LogP contribution in [0.3, 0.4) is 0 Å². The van der Waals surface area contributed by atoms with Crippen LogP contribution in [0.4, 0.5) is 16.3 Å². The molecule has 1 unspecified atom stereocenters. The third-order valence-corrected chi connectivity index (χ3v) is 6.04. The second-order valence-corrected chi connectivity index (χ2v) is 8.17. The summed E-state index contributed by atoms with van der Waals surface area (Å²) in [5, 5.41) is 18.1. The van der Waals surface area contributed by atoms with Crippen LogP contribution in [0.25, 0.3) is 22.2 Å². The normalized spacial score (nSPS) is 21.5. The van der Waals surface area contributed by atoms with Crippen molar-refractivity contribution in [2.24, 2.45) is 0 Å². The van der Waals surface area contributed by atoms with Crippen LogP contribution in [-0.4, -0.2) is 56.6 Å². The van der Waals surface area contributed by atoms with Gasteiger partial charge in [-0.05, 0) is 37.8 Å². The summed E-state index contributed by atoms with van der Waals surface area (Å²) in [6.07, 6.45) is 4.81. The Morgan fingerprint density at radius 1 is 1.23 bits per heavy atom. The number of nitrogen functional groups attached to an aromatic ring is 1. The Kier molecular flexibility index (Phi) is 5.11. The number of nitrogens with zero attached hydrogens (tertiary/aromatic N) is 4. The second kappa shape index (κ2) is 8.07. The molecule has 1 aromatic carbocycles. The summed E-state index contributed by atoms with van der Waals surface area (Å²) in [4.78, 5) is 17.2. The number of carboxylic acid groups (broad SMARTS) is 1. The molecule has 2 aliphatic rings. The van der Waals surface area contributed by atoms with E-state index in [2.05, 4.69) is 21.5 Å². The summed E-state index contributed by atoms with van der Waals surface area (Å²) >= 11 is 0. The average molecular weight is 422 g/mol. The lowest BCUT2D eigenvalue weighted by Crippen LogP contribution is -2.30. The van der Waals surface area contributed by atoms with Crippen LogP contribution in [0, 0.1) is 0 Å². The highest BCUT2D eigenvalue weighted by Gasteiger charge is 2.26. The van der Waals surface area contributed by atoms with Crippen molar-refractivity contribution in [3.05, 3.63) is 36.5 Å². The van der Waals surface area contributed by atoms with E-state index in [-0.39, 0.29) is 12.3 Å². The summed E-state index contributed by atoms with van der Waals surface area (Å²) in [5.41, 5.74) is 9.74. The first-order chi connectivity index (χ1) is 15.1. The zero-order valence-electron chi connectivity index (χ0n) is 17.2. The molecule has 0 aliphatic carbocycles. The molecule has 2 saturated heterocycles. The van der Waals surface area contributed by atoms with E-state index in [1.807, 2.05) is 28.9 Å². The van der Waals surface area contributed by atoms with Gasteiger partial charge >= 0.3 is 6.09 Å². The first-order valence-corrected chi connectivity index (χ1v) is 10.7. The Labute approximate surface area is 179 Å². The number of ether oxygens (including phenoxy) is 1. The molecule has 0 radical (unpaired) electrons. The van der Waals surface area contributed by atoms with Crippen LogP contribution >= 0.6 is 0 Å². The number of pyridine rings is 1.